The van der Waals surface area contributed by atoms with Gasteiger partial charge in [0.15, 0.2) is 5.65 Å². The third-order valence-corrected chi connectivity index (χ3v) is 10.2. The summed E-state index contributed by atoms with van der Waals surface area (Å²) in [5.41, 5.74) is 4.24. The number of benzene rings is 1. The first-order valence-electron chi connectivity index (χ1n) is 15.5. The van der Waals surface area contributed by atoms with Crippen LogP contribution in [0, 0.1) is 5.92 Å². The van der Waals surface area contributed by atoms with E-state index in [4.69, 9.17) is 19.6 Å². The molecule has 6 rings (SSSR count). The molecule has 11 nitrogen and oxygen atoms in total. The molecule has 1 amide bonds. The van der Waals surface area contributed by atoms with Gasteiger partial charge in [-0.1, -0.05) is 24.6 Å². The van der Waals surface area contributed by atoms with E-state index < -0.39 is 15.9 Å². The molecule has 2 aromatic heterocycles. The first kappa shape index (κ1) is 30.0. The lowest BCUT2D eigenvalue weighted by atomic mass is 9.81. The SMILES string of the molecule is COCC1CCN(c2cc(CC(=O)NS(=O)(=O)CCN3CCOCC3)nc3c2c(C2CCC2)nn3-c2ccccc2)CC1. The van der Waals surface area contributed by atoms with Crippen LogP contribution in [-0.4, -0.2) is 99.4 Å². The van der Waals surface area contributed by atoms with Gasteiger partial charge in [-0.3, -0.25) is 14.4 Å². The van der Waals surface area contributed by atoms with Gasteiger partial charge in [0.05, 0.1) is 53.5 Å². The van der Waals surface area contributed by atoms with Crippen LogP contribution in [-0.2, 0) is 30.7 Å². The Morgan fingerprint density at radius 1 is 1.07 bits per heavy atom. The van der Waals surface area contributed by atoms with Crippen molar-refractivity contribution < 1.29 is 22.7 Å². The van der Waals surface area contributed by atoms with Crippen molar-refractivity contribution in [1.82, 2.24) is 24.4 Å². The number of fused-ring (bicyclic) bond motifs is 1. The van der Waals surface area contributed by atoms with Crippen molar-refractivity contribution >= 4 is 32.7 Å². The number of amides is 1. The highest BCUT2D eigenvalue weighted by molar-refractivity contribution is 7.90. The smallest absolute Gasteiger partial charge is 0.239 e. The van der Waals surface area contributed by atoms with Crippen LogP contribution in [0.1, 0.15) is 49.4 Å². The van der Waals surface area contributed by atoms with Crippen molar-refractivity contribution in [1.29, 1.82) is 0 Å². The quantitative estimate of drug-likeness (QED) is 0.350. The largest absolute Gasteiger partial charge is 0.384 e. The summed E-state index contributed by atoms with van der Waals surface area (Å²) >= 11 is 0. The van der Waals surface area contributed by atoms with Crippen LogP contribution in [0.15, 0.2) is 36.4 Å². The minimum Gasteiger partial charge on any atom is -0.384 e. The molecule has 232 valence electrons. The highest BCUT2D eigenvalue weighted by Crippen LogP contribution is 2.43. The number of sulfonamides is 1. The highest BCUT2D eigenvalue weighted by Gasteiger charge is 2.31. The lowest BCUT2D eigenvalue weighted by Gasteiger charge is -2.34. The molecule has 0 spiro atoms. The number of carbonyl (C=O) groups is 1. The van der Waals surface area contributed by atoms with Gasteiger partial charge in [-0.05, 0) is 49.8 Å². The summed E-state index contributed by atoms with van der Waals surface area (Å²) in [7, 11) is -2.04. The summed E-state index contributed by atoms with van der Waals surface area (Å²) in [6, 6.07) is 11.9. The maximum absolute atomic E-state index is 13.1. The lowest BCUT2D eigenvalue weighted by molar-refractivity contribution is -0.118. The Labute approximate surface area is 253 Å². The fourth-order valence-corrected chi connectivity index (χ4v) is 7.32. The van der Waals surface area contributed by atoms with E-state index >= 15 is 0 Å². The molecule has 1 N–H and O–H groups in total. The average molecular weight is 611 g/mol. The summed E-state index contributed by atoms with van der Waals surface area (Å²) in [4.78, 5) is 22.5. The number of morpholine rings is 1. The molecule has 0 atom stereocenters. The zero-order valence-corrected chi connectivity index (χ0v) is 25.7. The summed E-state index contributed by atoms with van der Waals surface area (Å²) in [6.07, 6.45) is 5.28. The fraction of sp³-hybridized carbons (Fsp3) is 0.581. The Hall–Kier alpha value is -3.06. The molecule has 0 unspecified atom stereocenters. The third-order valence-electron chi connectivity index (χ3n) is 8.94. The molecule has 12 heteroatoms. The summed E-state index contributed by atoms with van der Waals surface area (Å²) in [6.45, 7) is 5.42. The number of nitrogens with zero attached hydrogens (tertiary/aromatic N) is 5. The van der Waals surface area contributed by atoms with Crippen LogP contribution in [0.25, 0.3) is 16.7 Å². The Kier molecular flexibility index (Phi) is 9.27. The minimum atomic E-state index is -3.79. The Balaban J connectivity index is 1.31. The predicted octanol–water partition coefficient (Wildman–Crippen LogP) is 2.87. The number of methoxy groups -OCH3 is 1. The van der Waals surface area contributed by atoms with Crippen molar-refractivity contribution in [3.63, 3.8) is 0 Å². The molecule has 3 fully saturated rings. The van der Waals surface area contributed by atoms with Gasteiger partial charge in [0, 0.05) is 52.4 Å². The number of hydrogen-bond acceptors (Lipinski definition) is 9. The molecule has 1 aliphatic carbocycles. The number of hydrogen-bond donors (Lipinski definition) is 1. The molecule has 3 aromatic rings. The van der Waals surface area contributed by atoms with E-state index in [1.54, 1.807) is 7.11 Å². The highest BCUT2D eigenvalue weighted by atomic mass is 32.2. The molecular weight excluding hydrogens is 568 g/mol. The van der Waals surface area contributed by atoms with Gasteiger partial charge in [0.25, 0.3) is 0 Å². The maximum atomic E-state index is 13.1. The molecule has 1 aromatic carbocycles. The molecule has 3 aliphatic rings. The zero-order valence-electron chi connectivity index (χ0n) is 24.9. The van der Waals surface area contributed by atoms with E-state index in [0.29, 0.717) is 56.0 Å². The molecule has 0 bridgehead atoms. The summed E-state index contributed by atoms with van der Waals surface area (Å²) in [5.74, 6) is 0.177. The summed E-state index contributed by atoms with van der Waals surface area (Å²) in [5, 5.41) is 6.17. The topological polar surface area (TPSA) is 119 Å². The normalized spacial score (nSPS) is 19.0. The van der Waals surface area contributed by atoms with Crippen LogP contribution in [0.2, 0.25) is 0 Å². The van der Waals surface area contributed by atoms with Gasteiger partial charge in [-0.15, -0.1) is 0 Å². The van der Waals surface area contributed by atoms with Gasteiger partial charge in [0.1, 0.15) is 0 Å². The van der Waals surface area contributed by atoms with Gasteiger partial charge in [-0.25, -0.2) is 18.1 Å². The average Bonchev–Trinajstić information content (AvgIpc) is 3.35. The van der Waals surface area contributed by atoms with Gasteiger partial charge >= 0.3 is 0 Å². The number of carbonyl (C=O) groups excluding carboxylic acids is 1. The maximum Gasteiger partial charge on any atom is 0.239 e. The van der Waals surface area contributed by atoms with E-state index in [1.807, 2.05) is 46.0 Å². The molecule has 0 radical (unpaired) electrons. The Morgan fingerprint density at radius 3 is 2.49 bits per heavy atom. The van der Waals surface area contributed by atoms with E-state index in [9.17, 15) is 13.2 Å². The number of pyridine rings is 1. The van der Waals surface area contributed by atoms with Crippen LogP contribution in [0.3, 0.4) is 0 Å². The van der Waals surface area contributed by atoms with Crippen LogP contribution in [0.5, 0.6) is 0 Å². The fourth-order valence-electron chi connectivity index (χ4n) is 6.30. The number of nitrogens with one attached hydrogen (secondary N) is 1. The van der Waals surface area contributed by atoms with Crippen LogP contribution >= 0.6 is 0 Å². The van der Waals surface area contributed by atoms with E-state index in [-0.39, 0.29) is 12.2 Å². The number of ether oxygens (including phenoxy) is 2. The van der Waals surface area contributed by atoms with Gasteiger partial charge in [-0.2, -0.15) is 5.10 Å². The summed E-state index contributed by atoms with van der Waals surface area (Å²) < 4.78 is 40.5. The van der Waals surface area contributed by atoms with Crippen molar-refractivity contribution in [2.45, 2.75) is 44.4 Å². The second kappa shape index (κ2) is 13.3. The minimum absolute atomic E-state index is 0.140. The van der Waals surface area contributed by atoms with Crippen molar-refractivity contribution in [3.8, 4) is 5.69 Å². The number of para-hydroxylation sites is 1. The van der Waals surface area contributed by atoms with Crippen LogP contribution in [0.4, 0.5) is 5.69 Å². The lowest BCUT2D eigenvalue weighted by Crippen LogP contribution is -2.42. The molecule has 43 heavy (non-hydrogen) atoms. The van der Waals surface area contributed by atoms with Crippen molar-refractivity contribution in [3.05, 3.63) is 47.8 Å². The number of anilines is 1. The standard InChI is InChI=1S/C31H42N6O5S/c1-41-22-23-10-12-36(13-11-23)27-20-25(21-28(38)34-43(39,40)19-16-35-14-17-42-18-15-35)32-31-29(27)30(24-6-5-7-24)33-37(31)26-8-3-2-4-9-26/h2-4,8-9,20,23-24H,5-7,10-19,21-22H2,1H3,(H,34,38). The number of aromatic nitrogens is 3. The molecule has 1 saturated carbocycles. The Bertz CT molecular complexity index is 1510. The second-order valence-corrected chi connectivity index (χ2v) is 13.8. The first-order chi connectivity index (χ1) is 20.9. The van der Waals surface area contributed by atoms with Crippen molar-refractivity contribution in [2.24, 2.45) is 5.92 Å². The van der Waals surface area contributed by atoms with Gasteiger partial charge in [0.2, 0.25) is 15.9 Å². The molecule has 4 heterocycles. The molecular formula is C31H42N6O5S. The van der Waals surface area contributed by atoms with Crippen LogP contribution < -0.4 is 9.62 Å². The van der Waals surface area contributed by atoms with E-state index in [0.717, 1.165) is 67.8 Å². The first-order valence-corrected chi connectivity index (χ1v) is 17.1. The third kappa shape index (κ3) is 7.03. The van der Waals surface area contributed by atoms with E-state index in [2.05, 4.69) is 9.62 Å². The molecule has 2 saturated heterocycles. The second-order valence-electron chi connectivity index (χ2n) is 12.0. The number of rotatable bonds is 11. The predicted molar refractivity (Wildman–Crippen MR) is 165 cm³/mol. The zero-order chi connectivity index (χ0) is 29.8. The molecule has 2 aliphatic heterocycles. The Morgan fingerprint density at radius 2 is 1.81 bits per heavy atom. The van der Waals surface area contributed by atoms with Crippen molar-refractivity contribution in [2.75, 3.05) is 70.3 Å². The van der Waals surface area contributed by atoms with E-state index in [1.165, 1.54) is 6.42 Å². The monoisotopic (exact) mass is 610 g/mol. The van der Waals surface area contributed by atoms with Gasteiger partial charge < -0.3 is 14.4 Å². The number of piperidine rings is 1.